The van der Waals surface area contributed by atoms with Crippen molar-refractivity contribution in [1.29, 1.82) is 0 Å². The Labute approximate surface area is 99.6 Å². The summed E-state index contributed by atoms with van der Waals surface area (Å²) in [5.41, 5.74) is 6.25. The van der Waals surface area contributed by atoms with Crippen molar-refractivity contribution in [2.75, 3.05) is 11.9 Å². The first-order valence-corrected chi connectivity index (χ1v) is 5.34. The first kappa shape index (κ1) is 11.4. The van der Waals surface area contributed by atoms with E-state index in [1.807, 2.05) is 30.3 Å². The molecule has 0 aliphatic rings. The highest BCUT2D eigenvalue weighted by molar-refractivity contribution is 6.03. The minimum atomic E-state index is -0.184. The van der Waals surface area contributed by atoms with Gasteiger partial charge in [0.2, 0.25) is 0 Å². The van der Waals surface area contributed by atoms with Crippen LogP contribution in [0.15, 0.2) is 46.9 Å². The van der Waals surface area contributed by atoms with Gasteiger partial charge in [0.15, 0.2) is 5.76 Å². The minimum Gasteiger partial charge on any atom is -0.455 e. The number of carbonyl (C=O) groups is 1. The van der Waals surface area contributed by atoms with Crippen molar-refractivity contribution in [2.45, 2.75) is 6.54 Å². The highest BCUT2D eigenvalue weighted by atomic mass is 16.4. The lowest BCUT2D eigenvalue weighted by atomic mass is 10.3. The van der Waals surface area contributed by atoms with Crippen LogP contribution in [0.25, 0.3) is 0 Å². The molecule has 0 atom stereocenters. The molecule has 0 bridgehead atoms. The third-order valence-electron chi connectivity index (χ3n) is 2.52. The average Bonchev–Trinajstić information content (AvgIpc) is 2.87. The predicted molar refractivity (Wildman–Crippen MR) is 65.8 cm³/mol. The van der Waals surface area contributed by atoms with Crippen LogP contribution in [0.5, 0.6) is 0 Å². The van der Waals surface area contributed by atoms with E-state index in [0.717, 1.165) is 5.69 Å². The van der Waals surface area contributed by atoms with Gasteiger partial charge in [0.05, 0.1) is 6.54 Å². The summed E-state index contributed by atoms with van der Waals surface area (Å²) in [4.78, 5) is 13.6. The molecular weight excluding hydrogens is 216 g/mol. The molecule has 0 spiro atoms. The predicted octanol–water partition coefficient (Wildman–Crippen LogP) is 2.01. The molecule has 1 aromatic heterocycles. The summed E-state index contributed by atoms with van der Waals surface area (Å²) in [7, 11) is 1.71. The summed E-state index contributed by atoms with van der Waals surface area (Å²) < 4.78 is 5.32. The Hall–Kier alpha value is -2.07. The van der Waals surface area contributed by atoms with Gasteiger partial charge in [-0.2, -0.15) is 0 Å². The number of anilines is 1. The lowest BCUT2D eigenvalue weighted by Crippen LogP contribution is -2.25. The number of amides is 1. The van der Waals surface area contributed by atoms with E-state index in [1.54, 1.807) is 24.1 Å². The molecule has 88 valence electrons. The average molecular weight is 230 g/mol. The van der Waals surface area contributed by atoms with E-state index in [2.05, 4.69) is 0 Å². The third kappa shape index (κ3) is 2.37. The molecule has 2 rings (SSSR count). The van der Waals surface area contributed by atoms with Gasteiger partial charge in [-0.05, 0) is 24.3 Å². The van der Waals surface area contributed by atoms with E-state index in [9.17, 15) is 4.79 Å². The van der Waals surface area contributed by atoms with E-state index in [0.29, 0.717) is 18.1 Å². The van der Waals surface area contributed by atoms with Crippen molar-refractivity contribution in [3.8, 4) is 0 Å². The monoisotopic (exact) mass is 230 g/mol. The van der Waals surface area contributed by atoms with Crippen LogP contribution in [-0.4, -0.2) is 13.0 Å². The molecule has 4 heteroatoms. The highest BCUT2D eigenvalue weighted by Gasteiger charge is 2.16. The maximum atomic E-state index is 12.1. The van der Waals surface area contributed by atoms with E-state index < -0.39 is 0 Å². The van der Waals surface area contributed by atoms with Crippen molar-refractivity contribution in [3.63, 3.8) is 0 Å². The number of para-hydroxylation sites is 1. The molecule has 1 aromatic carbocycles. The van der Waals surface area contributed by atoms with Gasteiger partial charge >= 0.3 is 0 Å². The Morgan fingerprint density at radius 1 is 1.24 bits per heavy atom. The van der Waals surface area contributed by atoms with Crippen molar-refractivity contribution < 1.29 is 9.21 Å². The maximum Gasteiger partial charge on any atom is 0.293 e. The Morgan fingerprint density at radius 3 is 2.53 bits per heavy atom. The standard InChI is InChI=1S/C13H14N2O2/c1-15(10-5-3-2-4-6-10)13(16)12-8-7-11(9-14)17-12/h2-8H,9,14H2,1H3. The molecule has 4 nitrogen and oxygen atoms in total. The van der Waals surface area contributed by atoms with Crippen LogP contribution >= 0.6 is 0 Å². The molecule has 1 amide bonds. The van der Waals surface area contributed by atoms with Crippen molar-refractivity contribution in [2.24, 2.45) is 5.73 Å². The summed E-state index contributed by atoms with van der Waals surface area (Å²) in [6.07, 6.45) is 0. The molecule has 1 heterocycles. The maximum absolute atomic E-state index is 12.1. The summed E-state index contributed by atoms with van der Waals surface area (Å²) in [6.45, 7) is 0.294. The van der Waals surface area contributed by atoms with Gasteiger partial charge in [-0.3, -0.25) is 4.79 Å². The first-order chi connectivity index (χ1) is 8.22. The molecule has 0 fully saturated rings. The van der Waals surface area contributed by atoms with Crippen LogP contribution in [-0.2, 0) is 6.54 Å². The molecule has 0 aliphatic heterocycles. The lowest BCUT2D eigenvalue weighted by Gasteiger charge is -2.15. The zero-order valence-corrected chi connectivity index (χ0v) is 9.59. The Balaban J connectivity index is 2.20. The van der Waals surface area contributed by atoms with Gasteiger partial charge in [-0.15, -0.1) is 0 Å². The number of rotatable bonds is 3. The van der Waals surface area contributed by atoms with Crippen LogP contribution in [0.1, 0.15) is 16.3 Å². The number of furan rings is 1. The highest BCUT2D eigenvalue weighted by Crippen LogP contribution is 2.16. The first-order valence-electron chi connectivity index (χ1n) is 5.34. The number of hydrogen-bond donors (Lipinski definition) is 1. The molecule has 2 aromatic rings. The quantitative estimate of drug-likeness (QED) is 0.877. The van der Waals surface area contributed by atoms with Gasteiger partial charge in [-0.1, -0.05) is 18.2 Å². The largest absolute Gasteiger partial charge is 0.455 e. The molecule has 2 N–H and O–H groups in total. The van der Waals surface area contributed by atoms with E-state index in [4.69, 9.17) is 10.2 Å². The normalized spacial score (nSPS) is 10.2. The molecule has 0 aliphatic carbocycles. The summed E-state index contributed by atoms with van der Waals surface area (Å²) in [5, 5.41) is 0. The summed E-state index contributed by atoms with van der Waals surface area (Å²) >= 11 is 0. The van der Waals surface area contributed by atoms with Crippen LogP contribution in [0.3, 0.4) is 0 Å². The minimum absolute atomic E-state index is 0.184. The van der Waals surface area contributed by atoms with Gasteiger partial charge in [-0.25, -0.2) is 0 Å². The number of hydrogen-bond acceptors (Lipinski definition) is 3. The van der Waals surface area contributed by atoms with E-state index in [1.165, 1.54) is 0 Å². The second kappa shape index (κ2) is 4.84. The third-order valence-corrected chi connectivity index (χ3v) is 2.52. The summed E-state index contributed by atoms with van der Waals surface area (Å²) in [6, 6.07) is 12.8. The van der Waals surface area contributed by atoms with Gasteiger partial charge in [0, 0.05) is 12.7 Å². The van der Waals surface area contributed by atoms with Gasteiger partial charge < -0.3 is 15.1 Å². The Bertz CT molecular complexity index is 505. The van der Waals surface area contributed by atoms with Crippen molar-refractivity contribution in [3.05, 3.63) is 54.0 Å². The molecule has 0 saturated carbocycles. The van der Waals surface area contributed by atoms with E-state index in [-0.39, 0.29) is 5.91 Å². The topological polar surface area (TPSA) is 59.5 Å². The molecule has 0 unspecified atom stereocenters. The molecule has 0 radical (unpaired) electrons. The second-order valence-electron chi connectivity index (χ2n) is 3.67. The fraction of sp³-hybridized carbons (Fsp3) is 0.154. The van der Waals surface area contributed by atoms with Crippen molar-refractivity contribution in [1.82, 2.24) is 0 Å². The zero-order chi connectivity index (χ0) is 12.3. The second-order valence-corrected chi connectivity index (χ2v) is 3.67. The SMILES string of the molecule is CN(C(=O)c1ccc(CN)o1)c1ccccc1. The van der Waals surface area contributed by atoms with Crippen molar-refractivity contribution >= 4 is 11.6 Å². The molecular formula is C13H14N2O2. The fourth-order valence-corrected chi connectivity index (χ4v) is 1.54. The number of nitrogens with two attached hydrogens (primary N) is 1. The Morgan fingerprint density at radius 2 is 1.94 bits per heavy atom. The number of benzene rings is 1. The zero-order valence-electron chi connectivity index (χ0n) is 9.59. The number of carbonyl (C=O) groups excluding carboxylic acids is 1. The van der Waals surface area contributed by atoms with Crippen LogP contribution in [0.4, 0.5) is 5.69 Å². The van der Waals surface area contributed by atoms with Gasteiger partial charge in [0.25, 0.3) is 5.91 Å². The lowest BCUT2D eigenvalue weighted by molar-refractivity contribution is 0.0965. The van der Waals surface area contributed by atoms with Crippen LogP contribution in [0.2, 0.25) is 0 Å². The van der Waals surface area contributed by atoms with E-state index >= 15 is 0 Å². The number of nitrogens with zero attached hydrogens (tertiary/aromatic N) is 1. The molecule has 0 saturated heterocycles. The van der Waals surface area contributed by atoms with Gasteiger partial charge in [0.1, 0.15) is 5.76 Å². The molecule has 17 heavy (non-hydrogen) atoms. The Kier molecular flexibility index (Phi) is 3.25. The smallest absolute Gasteiger partial charge is 0.293 e. The van der Waals surface area contributed by atoms with Crippen LogP contribution < -0.4 is 10.6 Å². The van der Waals surface area contributed by atoms with Crippen LogP contribution in [0, 0.1) is 0 Å². The summed E-state index contributed by atoms with van der Waals surface area (Å²) in [5.74, 6) is 0.725. The fourth-order valence-electron chi connectivity index (χ4n) is 1.54.